The fraction of sp³-hybridized carbons (Fsp3) is 0.552. The summed E-state index contributed by atoms with van der Waals surface area (Å²) in [7, 11) is 4.15. The summed E-state index contributed by atoms with van der Waals surface area (Å²) in [6.07, 6.45) is 3.50. The van der Waals surface area contributed by atoms with Crippen LogP contribution in [0, 0.1) is 35.0 Å². The summed E-state index contributed by atoms with van der Waals surface area (Å²) in [5, 5.41) is 0. The minimum absolute atomic E-state index is 0.0486. The van der Waals surface area contributed by atoms with Crippen LogP contribution in [0.1, 0.15) is 50.8 Å². The standard InChI is InChI=1S/C29H38N2O/c1-19-22(16-23-17-26(19)29(23,2)3)18-31-27(21-11-13-24(14-12-21)30(4)5)25(28(31)32)15-20-9-7-6-8-10-20/h6-14,19,22-23,25-27H,15-18H2,1-5H3/t19-,22-,23+,25+,26+,27+/m1/s1. The van der Waals surface area contributed by atoms with Gasteiger partial charge in [-0.3, -0.25) is 4.79 Å². The Morgan fingerprint density at radius 2 is 1.69 bits per heavy atom. The fourth-order valence-electron chi connectivity index (χ4n) is 7.02. The molecule has 1 amide bonds. The number of anilines is 1. The van der Waals surface area contributed by atoms with Gasteiger partial charge >= 0.3 is 0 Å². The predicted octanol–water partition coefficient (Wildman–Crippen LogP) is 5.81. The van der Waals surface area contributed by atoms with Gasteiger partial charge in [0, 0.05) is 26.3 Å². The highest BCUT2D eigenvalue weighted by Crippen LogP contribution is 2.63. The molecule has 3 nitrogen and oxygen atoms in total. The van der Waals surface area contributed by atoms with Crippen molar-refractivity contribution in [1.82, 2.24) is 4.90 Å². The van der Waals surface area contributed by atoms with E-state index in [0.29, 0.717) is 23.2 Å². The van der Waals surface area contributed by atoms with E-state index in [1.165, 1.54) is 29.7 Å². The third-order valence-corrected chi connectivity index (χ3v) is 9.31. The van der Waals surface area contributed by atoms with Gasteiger partial charge in [-0.05, 0) is 71.6 Å². The minimum Gasteiger partial charge on any atom is -0.378 e. The van der Waals surface area contributed by atoms with E-state index in [9.17, 15) is 4.79 Å². The largest absolute Gasteiger partial charge is 0.378 e. The number of hydrogen-bond acceptors (Lipinski definition) is 2. The maximum atomic E-state index is 13.4. The van der Waals surface area contributed by atoms with Crippen LogP contribution in [0.4, 0.5) is 5.69 Å². The highest BCUT2D eigenvalue weighted by atomic mass is 16.2. The van der Waals surface area contributed by atoms with Crippen LogP contribution in [-0.2, 0) is 11.2 Å². The predicted molar refractivity (Wildman–Crippen MR) is 132 cm³/mol. The molecule has 2 bridgehead atoms. The first-order valence-corrected chi connectivity index (χ1v) is 12.4. The number of β-lactam (4-membered cyclic amide) rings is 1. The molecule has 4 aliphatic rings. The smallest absolute Gasteiger partial charge is 0.229 e. The summed E-state index contributed by atoms with van der Waals surface area (Å²) in [4.78, 5) is 17.8. The molecule has 0 N–H and O–H groups in total. The van der Waals surface area contributed by atoms with Crippen LogP contribution in [0.3, 0.4) is 0 Å². The lowest BCUT2D eigenvalue weighted by Gasteiger charge is -2.63. The Hall–Kier alpha value is -2.29. The van der Waals surface area contributed by atoms with Crippen molar-refractivity contribution in [2.45, 2.75) is 46.1 Å². The van der Waals surface area contributed by atoms with Crippen molar-refractivity contribution in [2.75, 3.05) is 25.5 Å². The number of carbonyl (C=O) groups excluding carboxylic acids is 1. The molecule has 6 atom stereocenters. The number of rotatable bonds is 6. The second kappa shape index (κ2) is 7.93. The average molecular weight is 431 g/mol. The topological polar surface area (TPSA) is 23.6 Å². The van der Waals surface area contributed by atoms with Gasteiger partial charge in [-0.15, -0.1) is 0 Å². The van der Waals surface area contributed by atoms with E-state index in [1.807, 2.05) is 6.07 Å². The number of benzene rings is 2. The Labute approximate surface area is 193 Å². The molecule has 0 unspecified atom stereocenters. The molecule has 6 rings (SSSR count). The van der Waals surface area contributed by atoms with Crippen LogP contribution in [0.2, 0.25) is 0 Å². The average Bonchev–Trinajstić information content (AvgIpc) is 2.79. The summed E-state index contributed by atoms with van der Waals surface area (Å²) < 4.78 is 0. The van der Waals surface area contributed by atoms with E-state index in [-0.39, 0.29) is 12.0 Å². The zero-order chi connectivity index (χ0) is 22.6. The molecule has 3 aliphatic carbocycles. The van der Waals surface area contributed by atoms with E-state index in [0.717, 1.165) is 24.8 Å². The lowest BCUT2D eigenvalue weighted by molar-refractivity contribution is -0.168. The van der Waals surface area contributed by atoms with E-state index < -0.39 is 0 Å². The van der Waals surface area contributed by atoms with Gasteiger partial charge in [-0.1, -0.05) is 63.2 Å². The SMILES string of the molecule is C[C@@H]1[C@@H](CN2C(=O)[C@@H](Cc3ccccc3)[C@@H]2c2ccc(N(C)C)cc2)C[C@H]2C[C@@H]1C2(C)C. The van der Waals surface area contributed by atoms with Crippen molar-refractivity contribution in [3.8, 4) is 0 Å². The van der Waals surface area contributed by atoms with E-state index in [1.54, 1.807) is 0 Å². The summed E-state index contributed by atoms with van der Waals surface area (Å²) >= 11 is 0. The van der Waals surface area contributed by atoms with Gasteiger partial charge in [0.1, 0.15) is 0 Å². The van der Waals surface area contributed by atoms with Crippen LogP contribution >= 0.6 is 0 Å². The molecule has 0 aromatic heterocycles. The van der Waals surface area contributed by atoms with Crippen LogP contribution in [0.15, 0.2) is 54.6 Å². The zero-order valence-corrected chi connectivity index (χ0v) is 20.3. The fourth-order valence-corrected chi connectivity index (χ4v) is 7.02. The Morgan fingerprint density at radius 1 is 1.00 bits per heavy atom. The maximum Gasteiger partial charge on any atom is 0.229 e. The molecule has 3 heteroatoms. The van der Waals surface area contributed by atoms with Crippen LogP contribution < -0.4 is 4.90 Å². The van der Waals surface area contributed by atoms with Crippen LogP contribution in [0.5, 0.6) is 0 Å². The molecule has 32 heavy (non-hydrogen) atoms. The lowest BCUT2D eigenvalue weighted by Crippen LogP contribution is -2.61. The highest BCUT2D eigenvalue weighted by molar-refractivity contribution is 5.87. The monoisotopic (exact) mass is 430 g/mol. The molecule has 0 radical (unpaired) electrons. The summed E-state index contributed by atoms with van der Waals surface area (Å²) in [6, 6.07) is 19.6. The highest BCUT2D eigenvalue weighted by Gasteiger charge is 2.57. The van der Waals surface area contributed by atoms with Gasteiger partial charge in [-0.2, -0.15) is 0 Å². The summed E-state index contributed by atoms with van der Waals surface area (Å²) in [6.45, 7) is 8.28. The molecule has 0 spiro atoms. The molecule has 2 aromatic carbocycles. The Bertz CT molecular complexity index is 964. The Kier molecular flexibility index (Phi) is 5.34. The van der Waals surface area contributed by atoms with Crippen LogP contribution in [0.25, 0.3) is 0 Å². The molecule has 3 saturated carbocycles. The van der Waals surface area contributed by atoms with Gasteiger partial charge in [0.05, 0.1) is 12.0 Å². The van der Waals surface area contributed by atoms with Gasteiger partial charge in [0.2, 0.25) is 5.91 Å². The lowest BCUT2D eigenvalue weighted by atomic mass is 9.43. The summed E-state index contributed by atoms with van der Waals surface area (Å²) in [5.41, 5.74) is 4.24. The third kappa shape index (κ3) is 3.45. The van der Waals surface area contributed by atoms with Crippen molar-refractivity contribution < 1.29 is 4.79 Å². The molecular weight excluding hydrogens is 392 g/mol. The second-order valence-corrected chi connectivity index (χ2v) is 11.4. The zero-order valence-electron chi connectivity index (χ0n) is 20.3. The van der Waals surface area contributed by atoms with Gasteiger partial charge in [0.15, 0.2) is 0 Å². The molecular formula is C29H38N2O. The van der Waals surface area contributed by atoms with Crippen molar-refractivity contribution in [3.05, 3.63) is 65.7 Å². The van der Waals surface area contributed by atoms with E-state index in [2.05, 4.69) is 93.2 Å². The van der Waals surface area contributed by atoms with Crippen molar-refractivity contribution in [1.29, 1.82) is 0 Å². The maximum absolute atomic E-state index is 13.4. The van der Waals surface area contributed by atoms with Gasteiger partial charge < -0.3 is 9.80 Å². The molecule has 1 heterocycles. The second-order valence-electron chi connectivity index (χ2n) is 11.4. The van der Waals surface area contributed by atoms with E-state index in [4.69, 9.17) is 0 Å². The molecule has 4 fully saturated rings. The Morgan fingerprint density at radius 3 is 2.28 bits per heavy atom. The number of likely N-dealkylation sites (tertiary alicyclic amines) is 1. The number of fused-ring (bicyclic) bond motifs is 2. The normalized spacial score (nSPS) is 32.8. The molecule has 1 saturated heterocycles. The summed E-state index contributed by atoms with van der Waals surface area (Å²) in [5.74, 6) is 3.39. The first-order chi connectivity index (χ1) is 15.3. The number of carbonyl (C=O) groups is 1. The van der Waals surface area contributed by atoms with Crippen LogP contribution in [-0.4, -0.2) is 31.4 Å². The first-order valence-electron chi connectivity index (χ1n) is 12.4. The molecule has 170 valence electrons. The quantitative estimate of drug-likeness (QED) is 0.540. The molecule has 2 aromatic rings. The van der Waals surface area contributed by atoms with Gasteiger partial charge in [-0.25, -0.2) is 0 Å². The third-order valence-electron chi connectivity index (χ3n) is 9.31. The van der Waals surface area contributed by atoms with Crippen molar-refractivity contribution in [3.63, 3.8) is 0 Å². The minimum atomic E-state index is 0.0486. The van der Waals surface area contributed by atoms with Crippen molar-refractivity contribution >= 4 is 11.6 Å². The molecule has 1 aliphatic heterocycles. The van der Waals surface area contributed by atoms with E-state index >= 15 is 0 Å². The van der Waals surface area contributed by atoms with Crippen molar-refractivity contribution in [2.24, 2.45) is 35.0 Å². The number of amides is 1. The Balaban J connectivity index is 1.38. The number of nitrogens with zero attached hydrogens (tertiary/aromatic N) is 2. The number of hydrogen-bond donors (Lipinski definition) is 0. The first kappa shape index (κ1) is 21.6. The van der Waals surface area contributed by atoms with Gasteiger partial charge in [0.25, 0.3) is 0 Å².